The van der Waals surface area contributed by atoms with Crippen LogP contribution in [0.4, 0.5) is 0 Å². The lowest BCUT2D eigenvalue weighted by Crippen LogP contribution is -2.31. The molecule has 0 aliphatic heterocycles. The molecular weight excluding hydrogens is 332 g/mol. The Balaban J connectivity index is 2.25. The third-order valence-corrected chi connectivity index (χ3v) is 3.68. The van der Waals surface area contributed by atoms with Gasteiger partial charge in [-0.1, -0.05) is 19.1 Å². The van der Waals surface area contributed by atoms with E-state index in [1.807, 2.05) is 37.3 Å². The monoisotopic (exact) mass is 350 g/mol. The molecule has 0 fully saturated rings. The van der Waals surface area contributed by atoms with Gasteiger partial charge in [0.1, 0.15) is 17.6 Å². The van der Waals surface area contributed by atoms with E-state index in [-0.39, 0.29) is 12.1 Å². The Morgan fingerprint density at radius 3 is 2.48 bits per heavy atom. The summed E-state index contributed by atoms with van der Waals surface area (Å²) in [6.07, 6.45) is 3.99. The highest BCUT2D eigenvalue weighted by molar-refractivity contribution is 9.10. The second-order valence-electron chi connectivity index (χ2n) is 4.72. The standard InChI is InChI=1S/C16H19BrN2O2/c1-3-15(18)16(11-4-6-13(20-2)7-5-11)21-14-8-12(17)9-19-10-14/h4-10,15-16H,3,18H2,1-2H3. The number of pyridine rings is 1. The Kier molecular flexibility index (Phi) is 5.59. The van der Waals surface area contributed by atoms with E-state index in [2.05, 4.69) is 20.9 Å². The Bertz CT molecular complexity index is 575. The van der Waals surface area contributed by atoms with Crippen molar-refractivity contribution < 1.29 is 9.47 Å². The minimum absolute atomic E-state index is 0.0997. The second kappa shape index (κ2) is 7.43. The first-order chi connectivity index (χ1) is 10.1. The van der Waals surface area contributed by atoms with Crippen molar-refractivity contribution in [1.29, 1.82) is 0 Å². The summed E-state index contributed by atoms with van der Waals surface area (Å²) in [6, 6.07) is 9.55. The summed E-state index contributed by atoms with van der Waals surface area (Å²) in [5.74, 6) is 1.50. The minimum Gasteiger partial charge on any atom is -0.497 e. The van der Waals surface area contributed by atoms with E-state index in [0.717, 1.165) is 22.2 Å². The van der Waals surface area contributed by atoms with Crippen molar-refractivity contribution in [2.24, 2.45) is 5.73 Å². The van der Waals surface area contributed by atoms with Crippen LogP contribution in [0.15, 0.2) is 47.2 Å². The van der Waals surface area contributed by atoms with E-state index in [4.69, 9.17) is 15.2 Å². The van der Waals surface area contributed by atoms with Crippen LogP contribution in [0.2, 0.25) is 0 Å². The quantitative estimate of drug-likeness (QED) is 0.862. The predicted octanol–water partition coefficient (Wildman–Crippen LogP) is 3.71. The van der Waals surface area contributed by atoms with Crippen LogP contribution in [-0.2, 0) is 0 Å². The topological polar surface area (TPSA) is 57.4 Å². The zero-order chi connectivity index (χ0) is 15.2. The van der Waals surface area contributed by atoms with Gasteiger partial charge in [-0.2, -0.15) is 0 Å². The van der Waals surface area contributed by atoms with Gasteiger partial charge in [-0.25, -0.2) is 0 Å². The summed E-state index contributed by atoms with van der Waals surface area (Å²) < 4.78 is 12.1. The highest BCUT2D eigenvalue weighted by atomic mass is 79.9. The largest absolute Gasteiger partial charge is 0.497 e. The summed E-state index contributed by atoms with van der Waals surface area (Å²) in [5, 5.41) is 0. The first-order valence-corrected chi connectivity index (χ1v) is 7.60. The SMILES string of the molecule is CCC(N)C(Oc1cncc(Br)c1)c1ccc(OC)cc1. The second-order valence-corrected chi connectivity index (χ2v) is 5.64. The van der Waals surface area contributed by atoms with Gasteiger partial charge in [-0.05, 0) is 46.1 Å². The van der Waals surface area contributed by atoms with Crippen LogP contribution >= 0.6 is 15.9 Å². The van der Waals surface area contributed by atoms with Gasteiger partial charge in [0.15, 0.2) is 0 Å². The van der Waals surface area contributed by atoms with Gasteiger partial charge < -0.3 is 15.2 Å². The first-order valence-electron chi connectivity index (χ1n) is 6.80. The van der Waals surface area contributed by atoms with Crippen molar-refractivity contribution in [3.05, 3.63) is 52.8 Å². The summed E-state index contributed by atoms with van der Waals surface area (Å²) >= 11 is 3.39. The van der Waals surface area contributed by atoms with Crippen molar-refractivity contribution in [2.75, 3.05) is 7.11 Å². The maximum atomic E-state index is 6.22. The van der Waals surface area contributed by atoms with Gasteiger partial charge in [0.2, 0.25) is 0 Å². The maximum Gasteiger partial charge on any atom is 0.139 e. The third-order valence-electron chi connectivity index (χ3n) is 3.25. The Hall–Kier alpha value is -1.59. The van der Waals surface area contributed by atoms with Crippen molar-refractivity contribution >= 4 is 15.9 Å². The van der Waals surface area contributed by atoms with E-state index in [0.29, 0.717) is 5.75 Å². The van der Waals surface area contributed by atoms with Gasteiger partial charge >= 0.3 is 0 Å². The van der Waals surface area contributed by atoms with Crippen LogP contribution in [-0.4, -0.2) is 18.1 Å². The molecule has 2 rings (SSSR count). The van der Waals surface area contributed by atoms with Gasteiger partial charge in [0, 0.05) is 16.7 Å². The lowest BCUT2D eigenvalue weighted by atomic mass is 10.0. The molecular formula is C16H19BrN2O2. The van der Waals surface area contributed by atoms with E-state index in [9.17, 15) is 0 Å². The van der Waals surface area contributed by atoms with Gasteiger partial charge in [0.25, 0.3) is 0 Å². The number of aromatic nitrogens is 1. The van der Waals surface area contributed by atoms with Crippen LogP contribution in [0.1, 0.15) is 25.0 Å². The normalized spacial score (nSPS) is 13.5. The number of nitrogens with two attached hydrogens (primary N) is 1. The van der Waals surface area contributed by atoms with Gasteiger partial charge in [-0.3, -0.25) is 4.98 Å². The van der Waals surface area contributed by atoms with E-state index < -0.39 is 0 Å². The molecule has 21 heavy (non-hydrogen) atoms. The van der Waals surface area contributed by atoms with E-state index in [1.54, 1.807) is 19.5 Å². The van der Waals surface area contributed by atoms with Crippen molar-refractivity contribution in [2.45, 2.75) is 25.5 Å². The molecule has 1 heterocycles. The molecule has 0 bridgehead atoms. The Labute approximate surface area is 133 Å². The average molecular weight is 351 g/mol. The molecule has 0 saturated carbocycles. The molecule has 0 amide bonds. The molecule has 0 radical (unpaired) electrons. The molecule has 0 saturated heterocycles. The molecule has 5 heteroatoms. The Morgan fingerprint density at radius 1 is 1.19 bits per heavy atom. The van der Waals surface area contributed by atoms with E-state index in [1.165, 1.54) is 0 Å². The molecule has 0 aliphatic carbocycles. The number of ether oxygens (including phenoxy) is 2. The molecule has 1 aromatic heterocycles. The third kappa shape index (κ3) is 4.19. The highest BCUT2D eigenvalue weighted by Crippen LogP contribution is 2.27. The predicted molar refractivity (Wildman–Crippen MR) is 86.6 cm³/mol. The van der Waals surface area contributed by atoms with Crippen LogP contribution in [0.3, 0.4) is 0 Å². The lowest BCUT2D eigenvalue weighted by Gasteiger charge is -2.24. The maximum absolute atomic E-state index is 6.22. The van der Waals surface area contributed by atoms with Crippen molar-refractivity contribution in [3.8, 4) is 11.5 Å². The summed E-state index contributed by atoms with van der Waals surface area (Å²) in [5.41, 5.74) is 7.24. The molecule has 0 aliphatic rings. The van der Waals surface area contributed by atoms with Crippen LogP contribution in [0.25, 0.3) is 0 Å². The fraction of sp³-hybridized carbons (Fsp3) is 0.312. The molecule has 112 valence electrons. The summed E-state index contributed by atoms with van der Waals surface area (Å²) in [7, 11) is 1.65. The number of nitrogens with zero attached hydrogens (tertiary/aromatic N) is 1. The average Bonchev–Trinajstić information content (AvgIpc) is 2.52. The summed E-state index contributed by atoms with van der Waals surface area (Å²) in [6.45, 7) is 2.05. The Morgan fingerprint density at radius 2 is 1.90 bits per heavy atom. The molecule has 2 aromatic rings. The number of rotatable bonds is 6. The van der Waals surface area contributed by atoms with Crippen LogP contribution < -0.4 is 15.2 Å². The zero-order valence-electron chi connectivity index (χ0n) is 12.1. The van der Waals surface area contributed by atoms with Crippen molar-refractivity contribution in [1.82, 2.24) is 4.98 Å². The van der Waals surface area contributed by atoms with E-state index >= 15 is 0 Å². The van der Waals surface area contributed by atoms with Crippen molar-refractivity contribution in [3.63, 3.8) is 0 Å². The number of halogens is 1. The fourth-order valence-electron chi connectivity index (χ4n) is 2.01. The summed E-state index contributed by atoms with van der Waals surface area (Å²) in [4.78, 5) is 4.11. The highest BCUT2D eigenvalue weighted by Gasteiger charge is 2.21. The zero-order valence-corrected chi connectivity index (χ0v) is 13.7. The number of hydrogen-bond acceptors (Lipinski definition) is 4. The molecule has 2 N–H and O–H groups in total. The molecule has 4 nitrogen and oxygen atoms in total. The van der Waals surface area contributed by atoms with Gasteiger partial charge in [-0.15, -0.1) is 0 Å². The molecule has 1 aromatic carbocycles. The number of hydrogen-bond donors (Lipinski definition) is 1. The lowest BCUT2D eigenvalue weighted by molar-refractivity contribution is 0.170. The molecule has 2 unspecified atom stereocenters. The van der Waals surface area contributed by atoms with Crippen LogP contribution in [0.5, 0.6) is 11.5 Å². The molecule has 2 atom stereocenters. The first kappa shape index (κ1) is 15.8. The fourth-order valence-corrected chi connectivity index (χ4v) is 2.36. The van der Waals surface area contributed by atoms with Gasteiger partial charge in [0.05, 0.1) is 13.3 Å². The smallest absolute Gasteiger partial charge is 0.139 e. The molecule has 0 spiro atoms. The minimum atomic E-state index is -0.225. The number of benzene rings is 1. The van der Waals surface area contributed by atoms with Crippen LogP contribution in [0, 0.1) is 0 Å². The number of methoxy groups -OCH3 is 1.